The molecule has 38 heavy (non-hydrogen) atoms. The SMILES string of the molecule is C/C=C/C(CCC(N)=O)NC(=O)C(Cc1ccccc1)NC(=O)C(CC(C)C)NC(=O)c1cc(C)oc1C. The van der Waals surface area contributed by atoms with Gasteiger partial charge >= 0.3 is 0 Å². The second-order valence-corrected chi connectivity index (χ2v) is 9.88. The summed E-state index contributed by atoms with van der Waals surface area (Å²) >= 11 is 0. The van der Waals surface area contributed by atoms with Crippen molar-refractivity contribution < 1.29 is 23.6 Å². The third-order valence-electron chi connectivity index (χ3n) is 5.98. The zero-order valence-corrected chi connectivity index (χ0v) is 22.9. The molecule has 4 amide bonds. The van der Waals surface area contributed by atoms with Crippen molar-refractivity contribution in [2.75, 3.05) is 0 Å². The van der Waals surface area contributed by atoms with E-state index < -0.39 is 41.8 Å². The van der Waals surface area contributed by atoms with Crippen LogP contribution >= 0.6 is 0 Å². The topological polar surface area (TPSA) is 144 Å². The molecule has 0 aliphatic carbocycles. The van der Waals surface area contributed by atoms with E-state index in [1.54, 1.807) is 32.1 Å². The number of benzene rings is 1. The molecular weight excluding hydrogens is 484 g/mol. The highest BCUT2D eigenvalue weighted by atomic mass is 16.3. The summed E-state index contributed by atoms with van der Waals surface area (Å²) in [4.78, 5) is 51.1. The predicted octanol–water partition coefficient (Wildman–Crippen LogP) is 3.09. The molecule has 2 rings (SSSR count). The van der Waals surface area contributed by atoms with Crippen molar-refractivity contribution in [2.24, 2.45) is 11.7 Å². The average molecular weight is 525 g/mol. The average Bonchev–Trinajstić information content (AvgIpc) is 3.19. The van der Waals surface area contributed by atoms with Gasteiger partial charge < -0.3 is 26.1 Å². The summed E-state index contributed by atoms with van der Waals surface area (Å²) in [5, 5.41) is 8.58. The van der Waals surface area contributed by atoms with E-state index in [-0.39, 0.29) is 18.8 Å². The molecule has 9 heteroatoms. The van der Waals surface area contributed by atoms with Crippen LogP contribution in [0.4, 0.5) is 0 Å². The monoisotopic (exact) mass is 524 g/mol. The summed E-state index contributed by atoms with van der Waals surface area (Å²) in [6, 6.07) is 8.79. The minimum atomic E-state index is -0.907. The second-order valence-electron chi connectivity index (χ2n) is 9.88. The molecule has 2 aromatic rings. The summed E-state index contributed by atoms with van der Waals surface area (Å²) in [5.41, 5.74) is 6.52. The Morgan fingerprint density at radius 2 is 1.63 bits per heavy atom. The van der Waals surface area contributed by atoms with Crippen LogP contribution < -0.4 is 21.7 Å². The molecule has 0 saturated heterocycles. The van der Waals surface area contributed by atoms with Crippen molar-refractivity contribution in [1.29, 1.82) is 0 Å². The molecule has 0 saturated carbocycles. The van der Waals surface area contributed by atoms with Gasteiger partial charge in [-0.2, -0.15) is 0 Å². The van der Waals surface area contributed by atoms with Gasteiger partial charge in [0.05, 0.1) is 5.56 Å². The van der Waals surface area contributed by atoms with E-state index in [1.807, 2.05) is 51.1 Å². The smallest absolute Gasteiger partial charge is 0.255 e. The van der Waals surface area contributed by atoms with Gasteiger partial charge in [-0.25, -0.2) is 0 Å². The first-order chi connectivity index (χ1) is 18.0. The summed E-state index contributed by atoms with van der Waals surface area (Å²) in [7, 11) is 0. The van der Waals surface area contributed by atoms with Crippen LogP contribution in [0, 0.1) is 19.8 Å². The molecule has 0 aliphatic rings. The number of allylic oxidation sites excluding steroid dienone is 1. The Kier molecular flexibility index (Phi) is 11.8. The lowest BCUT2D eigenvalue weighted by atomic mass is 10.00. The van der Waals surface area contributed by atoms with E-state index in [0.717, 1.165) is 5.56 Å². The van der Waals surface area contributed by atoms with Crippen molar-refractivity contribution in [3.8, 4) is 0 Å². The van der Waals surface area contributed by atoms with E-state index in [4.69, 9.17) is 10.2 Å². The van der Waals surface area contributed by atoms with Crippen LogP contribution in [0.3, 0.4) is 0 Å². The van der Waals surface area contributed by atoms with Crippen LogP contribution in [0.15, 0.2) is 53.0 Å². The highest BCUT2D eigenvalue weighted by Crippen LogP contribution is 2.15. The van der Waals surface area contributed by atoms with Gasteiger partial charge in [0.15, 0.2) is 0 Å². The molecule has 0 radical (unpaired) electrons. The number of carbonyl (C=O) groups excluding carboxylic acids is 4. The summed E-state index contributed by atoms with van der Waals surface area (Å²) < 4.78 is 5.46. The second kappa shape index (κ2) is 14.8. The fraction of sp³-hybridized carbons (Fsp3) is 0.448. The molecule has 0 fully saturated rings. The van der Waals surface area contributed by atoms with Crippen LogP contribution in [0.2, 0.25) is 0 Å². The zero-order valence-electron chi connectivity index (χ0n) is 22.9. The van der Waals surface area contributed by atoms with Crippen LogP contribution in [-0.4, -0.2) is 41.8 Å². The van der Waals surface area contributed by atoms with Crippen molar-refractivity contribution in [1.82, 2.24) is 16.0 Å². The van der Waals surface area contributed by atoms with Crippen LogP contribution in [0.5, 0.6) is 0 Å². The van der Waals surface area contributed by atoms with Gasteiger partial charge in [-0.1, -0.05) is 56.3 Å². The molecule has 1 heterocycles. The van der Waals surface area contributed by atoms with E-state index in [2.05, 4.69) is 16.0 Å². The highest BCUT2D eigenvalue weighted by molar-refractivity contribution is 5.99. The molecule has 5 N–H and O–H groups in total. The third kappa shape index (κ3) is 9.88. The van der Waals surface area contributed by atoms with Gasteiger partial charge in [0.25, 0.3) is 5.91 Å². The largest absolute Gasteiger partial charge is 0.466 e. The number of nitrogens with two attached hydrogens (primary N) is 1. The minimum absolute atomic E-state index is 0.104. The maximum Gasteiger partial charge on any atom is 0.255 e. The maximum absolute atomic E-state index is 13.5. The molecule has 9 nitrogen and oxygen atoms in total. The fourth-order valence-corrected chi connectivity index (χ4v) is 4.16. The standard InChI is InChI=1S/C29H40N4O5/c1-6-10-22(13-14-26(30)34)31-28(36)25(17-21-11-8-7-9-12-21)33-29(37)24(15-18(2)3)32-27(35)23-16-19(4)38-20(23)5/h6-12,16,18,22,24-25H,13-15,17H2,1-5H3,(H2,30,34)(H,31,36)(H,32,35)(H,33,37)/b10-6+. The van der Waals surface area contributed by atoms with Crippen molar-refractivity contribution in [3.63, 3.8) is 0 Å². The van der Waals surface area contributed by atoms with Gasteiger partial charge in [-0.05, 0) is 51.2 Å². The predicted molar refractivity (Wildman–Crippen MR) is 146 cm³/mol. The Balaban J connectivity index is 2.25. The normalized spacial score (nSPS) is 13.6. The Hall–Kier alpha value is -3.88. The number of furan rings is 1. The van der Waals surface area contributed by atoms with E-state index >= 15 is 0 Å². The van der Waals surface area contributed by atoms with Gasteiger partial charge in [0.1, 0.15) is 23.6 Å². The Bertz CT molecular complexity index is 1120. The number of hydrogen-bond acceptors (Lipinski definition) is 5. The van der Waals surface area contributed by atoms with Crippen molar-refractivity contribution in [3.05, 3.63) is 71.2 Å². The van der Waals surface area contributed by atoms with Crippen LogP contribution in [-0.2, 0) is 20.8 Å². The van der Waals surface area contributed by atoms with Gasteiger partial charge in [-0.3, -0.25) is 19.2 Å². The number of aryl methyl sites for hydroxylation is 2. The number of hydrogen-bond donors (Lipinski definition) is 4. The fourth-order valence-electron chi connectivity index (χ4n) is 4.16. The molecule has 1 aromatic carbocycles. The van der Waals surface area contributed by atoms with E-state index in [9.17, 15) is 19.2 Å². The quantitative estimate of drug-likeness (QED) is 0.281. The van der Waals surface area contributed by atoms with Gasteiger partial charge in [0.2, 0.25) is 17.7 Å². The number of primary amides is 1. The summed E-state index contributed by atoms with van der Waals surface area (Å²) in [6.45, 7) is 9.16. The first-order valence-electron chi connectivity index (χ1n) is 12.9. The number of nitrogens with one attached hydrogen (secondary N) is 3. The summed E-state index contributed by atoms with van der Waals surface area (Å²) in [5.74, 6) is -0.555. The third-order valence-corrected chi connectivity index (χ3v) is 5.98. The Morgan fingerprint density at radius 3 is 2.18 bits per heavy atom. The van der Waals surface area contributed by atoms with Gasteiger partial charge in [-0.15, -0.1) is 0 Å². The first-order valence-corrected chi connectivity index (χ1v) is 12.9. The number of amides is 4. The number of carbonyl (C=O) groups is 4. The molecule has 3 unspecified atom stereocenters. The van der Waals surface area contributed by atoms with Crippen LogP contribution in [0.1, 0.15) is 67.5 Å². The van der Waals surface area contributed by atoms with E-state index in [1.165, 1.54) is 0 Å². The molecular formula is C29H40N4O5. The number of rotatable bonds is 14. The van der Waals surface area contributed by atoms with Crippen molar-refractivity contribution >= 4 is 23.6 Å². The molecule has 0 spiro atoms. The lowest BCUT2D eigenvalue weighted by Crippen LogP contribution is -2.55. The van der Waals surface area contributed by atoms with Crippen LogP contribution in [0.25, 0.3) is 0 Å². The zero-order chi connectivity index (χ0) is 28.2. The van der Waals surface area contributed by atoms with Gasteiger partial charge in [0, 0.05) is 18.9 Å². The molecule has 0 bridgehead atoms. The van der Waals surface area contributed by atoms with Crippen molar-refractivity contribution in [2.45, 2.75) is 78.4 Å². The Morgan fingerprint density at radius 1 is 0.974 bits per heavy atom. The first kappa shape index (κ1) is 30.3. The highest BCUT2D eigenvalue weighted by Gasteiger charge is 2.29. The summed E-state index contributed by atoms with van der Waals surface area (Å²) in [6.07, 6.45) is 4.64. The maximum atomic E-state index is 13.5. The van der Waals surface area contributed by atoms with E-state index in [0.29, 0.717) is 29.9 Å². The molecule has 206 valence electrons. The lowest BCUT2D eigenvalue weighted by molar-refractivity contribution is -0.130. The molecule has 1 aromatic heterocycles. The molecule has 3 atom stereocenters. The Labute approximate surface area is 224 Å². The molecule has 0 aliphatic heterocycles. The minimum Gasteiger partial charge on any atom is -0.466 e. The lowest BCUT2D eigenvalue weighted by Gasteiger charge is -2.25.